The van der Waals surface area contributed by atoms with Crippen molar-refractivity contribution in [1.82, 2.24) is 19.8 Å². The maximum Gasteiger partial charge on any atom is 0.254 e. The minimum absolute atomic E-state index is 0.0364. The van der Waals surface area contributed by atoms with Crippen LogP contribution in [0.25, 0.3) is 0 Å². The van der Waals surface area contributed by atoms with Gasteiger partial charge in [-0.2, -0.15) is 0 Å². The summed E-state index contributed by atoms with van der Waals surface area (Å²) < 4.78 is 0. The predicted octanol–water partition coefficient (Wildman–Crippen LogP) is 2.90. The second-order valence-corrected chi connectivity index (χ2v) is 9.53. The first-order chi connectivity index (χ1) is 15.3. The van der Waals surface area contributed by atoms with Gasteiger partial charge in [-0.05, 0) is 57.2 Å². The van der Waals surface area contributed by atoms with Crippen molar-refractivity contribution in [2.24, 2.45) is 0 Å². The van der Waals surface area contributed by atoms with Crippen molar-refractivity contribution >= 4 is 11.6 Å². The van der Waals surface area contributed by atoms with Gasteiger partial charge in [-0.25, -0.2) is 4.98 Å². The highest BCUT2D eigenvalue weighted by molar-refractivity contribution is 5.79. The Bertz CT molecular complexity index is 1010. The molecule has 1 amide bonds. The second-order valence-electron chi connectivity index (χ2n) is 9.53. The number of piperidine rings is 1. The van der Waals surface area contributed by atoms with Crippen LogP contribution in [0.3, 0.4) is 0 Å². The highest BCUT2D eigenvalue weighted by Crippen LogP contribution is 2.30. The summed E-state index contributed by atoms with van der Waals surface area (Å²) in [5, 5.41) is 0. The van der Waals surface area contributed by atoms with Crippen molar-refractivity contribution in [3.8, 4) is 0 Å². The number of carbonyl (C=O) groups excluding carboxylic acids is 1. The Morgan fingerprint density at radius 1 is 1.19 bits per heavy atom. The molecule has 0 spiro atoms. The molecule has 0 radical (unpaired) electrons. The fourth-order valence-corrected chi connectivity index (χ4v) is 4.78. The van der Waals surface area contributed by atoms with Crippen LogP contribution >= 0.6 is 0 Å². The molecule has 1 N–H and O–H groups in total. The van der Waals surface area contributed by atoms with E-state index >= 15 is 0 Å². The lowest BCUT2D eigenvalue weighted by molar-refractivity contribution is -0.134. The van der Waals surface area contributed by atoms with Crippen LogP contribution in [0.1, 0.15) is 61.8 Å². The Balaban J connectivity index is 1.56. The molecule has 0 aliphatic carbocycles. The quantitative estimate of drug-likeness (QED) is 0.779. The number of hydrogen-bond acceptors (Lipinski definition) is 5. The first-order valence-corrected chi connectivity index (χ1v) is 11.7. The van der Waals surface area contributed by atoms with Gasteiger partial charge in [0, 0.05) is 51.0 Å². The van der Waals surface area contributed by atoms with Crippen molar-refractivity contribution in [3.63, 3.8) is 0 Å². The van der Waals surface area contributed by atoms with E-state index in [-0.39, 0.29) is 17.5 Å². The number of likely N-dealkylation sites (tertiary alicyclic amines) is 1. The Labute approximate surface area is 190 Å². The molecule has 2 aromatic rings. The average molecular weight is 438 g/mol. The minimum Gasteiger partial charge on any atom is -0.378 e. The summed E-state index contributed by atoms with van der Waals surface area (Å²) >= 11 is 0. The SMILES string of the molecule is CC(C)N1CCc2c(nc(C3CCCCN3C(=O)Cc3ccc(N(C)C)cc3)[nH]c2=O)C1. The zero-order valence-electron chi connectivity index (χ0n) is 19.7. The molecule has 4 rings (SSSR count). The molecule has 7 heteroatoms. The monoisotopic (exact) mass is 437 g/mol. The number of fused-ring (bicyclic) bond motifs is 1. The van der Waals surface area contributed by atoms with E-state index in [1.165, 1.54) is 0 Å². The largest absolute Gasteiger partial charge is 0.378 e. The van der Waals surface area contributed by atoms with E-state index in [1.807, 2.05) is 48.2 Å². The Morgan fingerprint density at radius 2 is 1.94 bits per heavy atom. The Morgan fingerprint density at radius 3 is 2.62 bits per heavy atom. The lowest BCUT2D eigenvalue weighted by atomic mass is 9.99. The molecule has 1 fully saturated rings. The molecule has 1 aromatic heterocycles. The molecule has 32 heavy (non-hydrogen) atoms. The van der Waals surface area contributed by atoms with Crippen LogP contribution < -0.4 is 10.5 Å². The lowest BCUT2D eigenvalue weighted by Gasteiger charge is -2.36. The number of aromatic nitrogens is 2. The molecule has 0 saturated carbocycles. The number of anilines is 1. The first-order valence-electron chi connectivity index (χ1n) is 11.7. The number of rotatable bonds is 5. The summed E-state index contributed by atoms with van der Waals surface area (Å²) in [5.41, 5.74) is 3.76. The van der Waals surface area contributed by atoms with E-state index in [1.54, 1.807) is 0 Å². The van der Waals surface area contributed by atoms with Gasteiger partial charge in [0.1, 0.15) is 5.82 Å². The zero-order chi connectivity index (χ0) is 22.8. The summed E-state index contributed by atoms with van der Waals surface area (Å²) in [7, 11) is 4.01. The van der Waals surface area contributed by atoms with Gasteiger partial charge in [0.15, 0.2) is 0 Å². The van der Waals surface area contributed by atoms with Crippen LogP contribution in [-0.2, 0) is 24.2 Å². The normalized spacial score (nSPS) is 19.2. The number of aromatic amines is 1. The minimum atomic E-state index is -0.162. The number of benzene rings is 1. The number of nitrogens with one attached hydrogen (secondary N) is 1. The molecule has 3 heterocycles. The number of carbonyl (C=O) groups is 1. The maximum absolute atomic E-state index is 13.3. The Kier molecular flexibility index (Phi) is 6.65. The van der Waals surface area contributed by atoms with Crippen molar-refractivity contribution in [2.75, 3.05) is 32.1 Å². The van der Waals surface area contributed by atoms with Crippen LogP contribution in [-0.4, -0.2) is 58.9 Å². The van der Waals surface area contributed by atoms with Gasteiger partial charge in [-0.1, -0.05) is 12.1 Å². The van der Waals surface area contributed by atoms with Gasteiger partial charge in [-0.15, -0.1) is 0 Å². The van der Waals surface area contributed by atoms with Gasteiger partial charge in [0.25, 0.3) is 5.56 Å². The number of hydrogen-bond donors (Lipinski definition) is 1. The van der Waals surface area contributed by atoms with Crippen LogP contribution in [0.5, 0.6) is 0 Å². The zero-order valence-corrected chi connectivity index (χ0v) is 19.7. The van der Waals surface area contributed by atoms with Gasteiger partial charge in [0.2, 0.25) is 5.91 Å². The third-order valence-electron chi connectivity index (χ3n) is 6.80. The summed E-state index contributed by atoms with van der Waals surface area (Å²) in [5.74, 6) is 0.742. The topological polar surface area (TPSA) is 72.5 Å². The summed E-state index contributed by atoms with van der Waals surface area (Å²) in [6.45, 7) is 6.63. The number of H-pyrrole nitrogens is 1. The molecule has 1 saturated heterocycles. The van der Waals surface area contributed by atoms with Crippen molar-refractivity contribution in [3.05, 3.63) is 57.3 Å². The van der Waals surface area contributed by atoms with Gasteiger partial charge >= 0.3 is 0 Å². The highest BCUT2D eigenvalue weighted by Gasteiger charge is 2.31. The molecule has 0 bridgehead atoms. The third kappa shape index (κ3) is 4.72. The molecule has 7 nitrogen and oxygen atoms in total. The van der Waals surface area contributed by atoms with Crippen molar-refractivity contribution < 1.29 is 4.79 Å². The van der Waals surface area contributed by atoms with E-state index < -0.39 is 0 Å². The molecule has 2 aliphatic rings. The fourth-order valence-electron chi connectivity index (χ4n) is 4.78. The summed E-state index contributed by atoms with van der Waals surface area (Å²) in [4.78, 5) is 40.4. The van der Waals surface area contributed by atoms with Crippen LogP contribution in [0, 0.1) is 0 Å². The molecule has 2 aliphatic heterocycles. The molecule has 1 aromatic carbocycles. The van der Waals surface area contributed by atoms with E-state index in [4.69, 9.17) is 4.98 Å². The standard InChI is InChI=1S/C25H35N5O2/c1-17(2)29-14-12-20-21(16-29)26-24(27-25(20)32)22-7-5-6-13-30(22)23(31)15-18-8-10-19(11-9-18)28(3)4/h8-11,17,22H,5-7,12-16H2,1-4H3,(H,26,27,32). The summed E-state index contributed by atoms with van der Waals surface area (Å²) in [6, 6.07) is 8.37. The van der Waals surface area contributed by atoms with Crippen molar-refractivity contribution in [2.45, 2.75) is 64.6 Å². The maximum atomic E-state index is 13.3. The molecule has 1 unspecified atom stereocenters. The van der Waals surface area contributed by atoms with E-state index in [9.17, 15) is 9.59 Å². The van der Waals surface area contributed by atoms with Crippen molar-refractivity contribution in [1.29, 1.82) is 0 Å². The number of amides is 1. The highest BCUT2D eigenvalue weighted by atomic mass is 16.2. The summed E-state index contributed by atoms with van der Waals surface area (Å²) in [6.07, 6.45) is 3.94. The fraction of sp³-hybridized carbons (Fsp3) is 0.560. The first kappa shape index (κ1) is 22.5. The third-order valence-corrected chi connectivity index (χ3v) is 6.80. The van der Waals surface area contributed by atoms with Gasteiger partial charge in [0.05, 0.1) is 18.2 Å². The van der Waals surface area contributed by atoms with Crippen LogP contribution in [0.2, 0.25) is 0 Å². The van der Waals surface area contributed by atoms with Crippen LogP contribution in [0.15, 0.2) is 29.1 Å². The molecular weight excluding hydrogens is 402 g/mol. The smallest absolute Gasteiger partial charge is 0.254 e. The van der Waals surface area contributed by atoms with Crippen LogP contribution in [0.4, 0.5) is 5.69 Å². The molecule has 1 atom stereocenters. The lowest BCUT2D eigenvalue weighted by Crippen LogP contribution is -2.43. The molecule has 172 valence electrons. The van der Waals surface area contributed by atoms with Gasteiger partial charge in [-0.3, -0.25) is 14.5 Å². The van der Waals surface area contributed by atoms with Gasteiger partial charge < -0.3 is 14.8 Å². The number of nitrogens with zero attached hydrogens (tertiary/aromatic N) is 4. The second kappa shape index (κ2) is 9.45. The van der Waals surface area contributed by atoms with E-state index in [0.717, 1.165) is 54.7 Å². The Hall–Kier alpha value is -2.67. The molecular formula is C25H35N5O2. The predicted molar refractivity (Wildman–Crippen MR) is 127 cm³/mol. The van der Waals surface area contributed by atoms with E-state index in [0.29, 0.717) is 31.4 Å². The average Bonchev–Trinajstić information content (AvgIpc) is 2.79. The van der Waals surface area contributed by atoms with E-state index in [2.05, 4.69) is 23.7 Å².